The maximum absolute atomic E-state index is 5.73. The van der Waals surface area contributed by atoms with Gasteiger partial charge in [-0.3, -0.25) is 0 Å². The van der Waals surface area contributed by atoms with Crippen LogP contribution in [0, 0.1) is 0 Å². The number of halogens is 1. The van der Waals surface area contributed by atoms with E-state index in [1.165, 1.54) is 4.88 Å². The summed E-state index contributed by atoms with van der Waals surface area (Å²) in [5.74, 6) is 0. The summed E-state index contributed by atoms with van der Waals surface area (Å²) in [6.45, 7) is 4.04. The Hall–Kier alpha value is -0.0500. The second-order valence-electron chi connectivity index (χ2n) is 1.99. The zero-order chi connectivity index (χ0) is 7.40. The van der Waals surface area contributed by atoms with Gasteiger partial charge >= 0.3 is 0 Å². The fourth-order valence-corrected chi connectivity index (χ4v) is 1.75. The first-order chi connectivity index (χ1) is 4.83. The Morgan fingerprint density at radius 3 is 2.90 bits per heavy atom. The zero-order valence-corrected chi connectivity index (χ0v) is 7.43. The largest absolute Gasteiger partial charge is 0.312 e. The van der Waals surface area contributed by atoms with Gasteiger partial charge in [-0.15, -0.1) is 11.3 Å². The Bertz CT molecular complexity index is 197. The number of hydrogen-bond acceptors (Lipinski definition) is 2. The predicted octanol–water partition coefficient (Wildman–Crippen LogP) is 2.51. The summed E-state index contributed by atoms with van der Waals surface area (Å²) in [6, 6.07) is 3.98. The van der Waals surface area contributed by atoms with E-state index in [9.17, 15) is 0 Å². The molecule has 0 bridgehead atoms. The molecule has 0 unspecified atom stereocenters. The van der Waals surface area contributed by atoms with E-state index in [0.717, 1.165) is 17.4 Å². The SMILES string of the molecule is CCNCc1ccc(Cl)s1. The van der Waals surface area contributed by atoms with Crippen molar-refractivity contribution in [1.82, 2.24) is 5.32 Å². The van der Waals surface area contributed by atoms with Crippen molar-refractivity contribution in [2.75, 3.05) is 6.54 Å². The highest BCUT2D eigenvalue weighted by atomic mass is 35.5. The molecule has 1 N–H and O–H groups in total. The van der Waals surface area contributed by atoms with Gasteiger partial charge in [0.25, 0.3) is 0 Å². The van der Waals surface area contributed by atoms with Gasteiger partial charge in [0.2, 0.25) is 0 Å². The van der Waals surface area contributed by atoms with Crippen LogP contribution < -0.4 is 5.32 Å². The van der Waals surface area contributed by atoms with Crippen LogP contribution in [0.1, 0.15) is 11.8 Å². The Kier molecular flexibility index (Phi) is 3.19. The first-order valence-electron chi connectivity index (χ1n) is 3.28. The van der Waals surface area contributed by atoms with E-state index >= 15 is 0 Å². The normalized spacial score (nSPS) is 10.2. The van der Waals surface area contributed by atoms with Crippen LogP contribution >= 0.6 is 22.9 Å². The lowest BCUT2D eigenvalue weighted by Gasteiger charge is -1.94. The molecular formula is C7H10ClNS. The highest BCUT2D eigenvalue weighted by molar-refractivity contribution is 7.16. The van der Waals surface area contributed by atoms with E-state index in [2.05, 4.69) is 18.3 Å². The van der Waals surface area contributed by atoms with E-state index in [-0.39, 0.29) is 0 Å². The number of hydrogen-bond donors (Lipinski definition) is 1. The fraction of sp³-hybridized carbons (Fsp3) is 0.429. The van der Waals surface area contributed by atoms with Crippen LogP contribution in [-0.2, 0) is 6.54 Å². The van der Waals surface area contributed by atoms with Gasteiger partial charge in [-0.05, 0) is 18.7 Å². The summed E-state index contributed by atoms with van der Waals surface area (Å²) in [5.41, 5.74) is 0. The molecule has 0 saturated heterocycles. The van der Waals surface area contributed by atoms with Crippen molar-refractivity contribution in [1.29, 1.82) is 0 Å². The van der Waals surface area contributed by atoms with Crippen molar-refractivity contribution >= 4 is 22.9 Å². The third kappa shape index (κ3) is 2.29. The molecule has 0 aliphatic rings. The Balaban J connectivity index is 2.42. The molecule has 10 heavy (non-hydrogen) atoms. The number of thiophene rings is 1. The summed E-state index contributed by atoms with van der Waals surface area (Å²) < 4.78 is 0.868. The Labute approximate surface area is 70.0 Å². The standard InChI is InChI=1S/C7H10ClNS/c1-2-9-5-6-3-4-7(8)10-6/h3-4,9H,2,5H2,1H3. The Morgan fingerprint density at radius 1 is 1.60 bits per heavy atom. The molecule has 0 saturated carbocycles. The smallest absolute Gasteiger partial charge is 0.0931 e. The summed E-state index contributed by atoms with van der Waals surface area (Å²) in [4.78, 5) is 1.30. The van der Waals surface area contributed by atoms with Crippen molar-refractivity contribution in [2.45, 2.75) is 13.5 Å². The van der Waals surface area contributed by atoms with Crippen LogP contribution in [-0.4, -0.2) is 6.54 Å². The lowest BCUT2D eigenvalue weighted by atomic mass is 10.4. The molecule has 1 rings (SSSR count). The second kappa shape index (κ2) is 3.96. The van der Waals surface area contributed by atoms with Crippen molar-refractivity contribution in [3.8, 4) is 0 Å². The molecule has 0 amide bonds. The van der Waals surface area contributed by atoms with E-state index in [1.54, 1.807) is 11.3 Å². The van der Waals surface area contributed by atoms with E-state index in [0.29, 0.717) is 0 Å². The number of nitrogens with one attached hydrogen (secondary N) is 1. The van der Waals surface area contributed by atoms with E-state index in [4.69, 9.17) is 11.6 Å². The average Bonchev–Trinajstić information content (AvgIpc) is 2.31. The quantitative estimate of drug-likeness (QED) is 0.745. The van der Waals surface area contributed by atoms with Gasteiger partial charge in [0, 0.05) is 11.4 Å². The molecule has 3 heteroatoms. The molecule has 0 radical (unpaired) electrons. The van der Waals surface area contributed by atoms with Gasteiger partial charge in [-0.2, -0.15) is 0 Å². The molecule has 0 aliphatic carbocycles. The number of rotatable bonds is 3. The van der Waals surface area contributed by atoms with Gasteiger partial charge in [0.05, 0.1) is 4.34 Å². The molecule has 1 aromatic rings. The van der Waals surface area contributed by atoms with Gasteiger partial charge in [0.15, 0.2) is 0 Å². The maximum Gasteiger partial charge on any atom is 0.0931 e. The average molecular weight is 176 g/mol. The van der Waals surface area contributed by atoms with Crippen molar-refractivity contribution in [3.05, 3.63) is 21.3 Å². The minimum atomic E-state index is 0.868. The van der Waals surface area contributed by atoms with Crippen LogP contribution in [0.5, 0.6) is 0 Å². The van der Waals surface area contributed by atoms with Gasteiger partial charge in [-0.25, -0.2) is 0 Å². The van der Waals surface area contributed by atoms with Crippen LogP contribution in [0.2, 0.25) is 4.34 Å². The minimum absolute atomic E-state index is 0.868. The molecule has 0 aliphatic heterocycles. The van der Waals surface area contributed by atoms with Gasteiger partial charge < -0.3 is 5.32 Å². The summed E-state index contributed by atoms with van der Waals surface area (Å²) in [5, 5.41) is 3.23. The summed E-state index contributed by atoms with van der Waals surface area (Å²) in [6.07, 6.45) is 0. The molecule has 0 spiro atoms. The molecule has 1 aromatic heterocycles. The topological polar surface area (TPSA) is 12.0 Å². The molecule has 0 atom stereocenters. The third-order valence-electron chi connectivity index (χ3n) is 1.18. The van der Waals surface area contributed by atoms with E-state index in [1.807, 2.05) is 6.07 Å². The second-order valence-corrected chi connectivity index (χ2v) is 3.79. The van der Waals surface area contributed by atoms with Gasteiger partial charge in [-0.1, -0.05) is 18.5 Å². The molecule has 56 valence electrons. The van der Waals surface area contributed by atoms with Crippen LogP contribution in [0.15, 0.2) is 12.1 Å². The zero-order valence-electron chi connectivity index (χ0n) is 5.86. The molecular weight excluding hydrogens is 166 g/mol. The van der Waals surface area contributed by atoms with Crippen molar-refractivity contribution < 1.29 is 0 Å². The minimum Gasteiger partial charge on any atom is -0.312 e. The highest BCUT2D eigenvalue weighted by Crippen LogP contribution is 2.20. The van der Waals surface area contributed by atoms with Crippen molar-refractivity contribution in [3.63, 3.8) is 0 Å². The van der Waals surface area contributed by atoms with Gasteiger partial charge in [0.1, 0.15) is 0 Å². The summed E-state index contributed by atoms with van der Waals surface area (Å²) in [7, 11) is 0. The molecule has 0 fully saturated rings. The lowest BCUT2D eigenvalue weighted by Crippen LogP contribution is -2.10. The highest BCUT2D eigenvalue weighted by Gasteiger charge is 1.94. The summed E-state index contributed by atoms with van der Waals surface area (Å²) >= 11 is 7.36. The van der Waals surface area contributed by atoms with Crippen LogP contribution in [0.3, 0.4) is 0 Å². The third-order valence-corrected chi connectivity index (χ3v) is 2.41. The van der Waals surface area contributed by atoms with Crippen LogP contribution in [0.25, 0.3) is 0 Å². The molecule has 0 aromatic carbocycles. The van der Waals surface area contributed by atoms with E-state index < -0.39 is 0 Å². The molecule has 1 heterocycles. The monoisotopic (exact) mass is 175 g/mol. The van der Waals surface area contributed by atoms with Crippen molar-refractivity contribution in [2.24, 2.45) is 0 Å². The first kappa shape index (κ1) is 8.05. The van der Waals surface area contributed by atoms with Crippen LogP contribution in [0.4, 0.5) is 0 Å². The predicted molar refractivity (Wildman–Crippen MR) is 46.7 cm³/mol. The lowest BCUT2D eigenvalue weighted by molar-refractivity contribution is 0.735. The maximum atomic E-state index is 5.73. The Morgan fingerprint density at radius 2 is 2.40 bits per heavy atom. The molecule has 1 nitrogen and oxygen atoms in total. The fourth-order valence-electron chi connectivity index (χ4n) is 0.695. The first-order valence-corrected chi connectivity index (χ1v) is 4.47.